The van der Waals surface area contributed by atoms with Gasteiger partial charge in [-0.15, -0.1) is 0 Å². The topological polar surface area (TPSA) is 49.8 Å². The second-order valence-corrected chi connectivity index (χ2v) is 5.17. The van der Waals surface area contributed by atoms with E-state index in [4.69, 9.17) is 0 Å². The Kier molecular flexibility index (Phi) is 6.86. The highest BCUT2D eigenvalue weighted by molar-refractivity contribution is 7.98. The van der Waals surface area contributed by atoms with E-state index in [1.165, 1.54) is 0 Å². The van der Waals surface area contributed by atoms with Gasteiger partial charge in [0.05, 0.1) is 0 Å². The highest BCUT2D eigenvalue weighted by atomic mass is 32.2. The molecule has 1 heterocycles. The third-order valence-electron chi connectivity index (χ3n) is 2.71. The van der Waals surface area contributed by atoms with Crippen LogP contribution < -0.4 is 10.6 Å². The summed E-state index contributed by atoms with van der Waals surface area (Å²) < 4.78 is 0. The van der Waals surface area contributed by atoms with Crippen molar-refractivity contribution in [3.8, 4) is 0 Å². The molecule has 0 aliphatic heterocycles. The van der Waals surface area contributed by atoms with Gasteiger partial charge in [-0.05, 0) is 19.1 Å². The second-order valence-electron chi connectivity index (χ2n) is 4.26. The Morgan fingerprint density at radius 2 is 2.00 bits per heavy atom. The van der Waals surface area contributed by atoms with Gasteiger partial charge in [-0.25, -0.2) is 9.97 Å². The van der Waals surface area contributed by atoms with Gasteiger partial charge in [0.15, 0.2) is 0 Å². The van der Waals surface area contributed by atoms with Crippen LogP contribution in [0.1, 0.15) is 32.5 Å². The van der Waals surface area contributed by atoms with E-state index in [9.17, 15) is 0 Å². The highest BCUT2D eigenvalue weighted by Gasteiger charge is 2.08. The lowest BCUT2D eigenvalue weighted by Gasteiger charge is -2.17. The van der Waals surface area contributed by atoms with Gasteiger partial charge >= 0.3 is 0 Å². The molecule has 2 N–H and O–H groups in total. The first-order valence-corrected chi connectivity index (χ1v) is 7.94. The summed E-state index contributed by atoms with van der Waals surface area (Å²) in [6.07, 6.45) is 5.22. The molecule has 0 amide bonds. The molecule has 1 aromatic heterocycles. The first-order chi connectivity index (χ1) is 8.73. The zero-order chi connectivity index (χ0) is 13.4. The lowest BCUT2D eigenvalue weighted by molar-refractivity contribution is 0.762. The SMILES string of the molecule is CCCc1nc(NC)cc(NC(CC)CSC)n1. The summed E-state index contributed by atoms with van der Waals surface area (Å²) in [5.74, 6) is 3.82. The van der Waals surface area contributed by atoms with E-state index in [0.29, 0.717) is 6.04 Å². The summed E-state index contributed by atoms with van der Waals surface area (Å²) in [6.45, 7) is 4.34. The predicted molar refractivity (Wildman–Crippen MR) is 81.7 cm³/mol. The maximum atomic E-state index is 4.57. The summed E-state index contributed by atoms with van der Waals surface area (Å²) in [5, 5.41) is 6.58. The van der Waals surface area contributed by atoms with E-state index < -0.39 is 0 Å². The summed E-state index contributed by atoms with van der Waals surface area (Å²) >= 11 is 1.86. The van der Waals surface area contributed by atoms with Gasteiger partial charge in [0.25, 0.3) is 0 Å². The third-order valence-corrected chi connectivity index (χ3v) is 3.45. The minimum absolute atomic E-state index is 0.467. The van der Waals surface area contributed by atoms with Crippen molar-refractivity contribution < 1.29 is 0 Å². The van der Waals surface area contributed by atoms with Gasteiger partial charge in [-0.2, -0.15) is 11.8 Å². The fourth-order valence-corrected chi connectivity index (χ4v) is 2.43. The van der Waals surface area contributed by atoms with Gasteiger partial charge in [0.1, 0.15) is 17.5 Å². The molecule has 0 aliphatic carbocycles. The van der Waals surface area contributed by atoms with E-state index in [-0.39, 0.29) is 0 Å². The van der Waals surface area contributed by atoms with Crippen molar-refractivity contribution in [1.82, 2.24) is 9.97 Å². The molecule has 1 aromatic rings. The molecular formula is C13H24N4S. The van der Waals surface area contributed by atoms with Crippen LogP contribution in [0.15, 0.2) is 6.07 Å². The molecular weight excluding hydrogens is 244 g/mol. The Morgan fingerprint density at radius 1 is 1.28 bits per heavy atom. The minimum atomic E-state index is 0.467. The monoisotopic (exact) mass is 268 g/mol. The largest absolute Gasteiger partial charge is 0.373 e. The van der Waals surface area contributed by atoms with Gasteiger partial charge in [-0.3, -0.25) is 0 Å². The molecule has 1 unspecified atom stereocenters. The van der Waals surface area contributed by atoms with Crippen molar-refractivity contribution >= 4 is 23.4 Å². The van der Waals surface area contributed by atoms with Crippen molar-refractivity contribution in [3.05, 3.63) is 11.9 Å². The minimum Gasteiger partial charge on any atom is -0.373 e. The molecule has 1 atom stereocenters. The molecule has 0 bridgehead atoms. The molecule has 0 saturated carbocycles. The summed E-state index contributed by atoms with van der Waals surface area (Å²) in [7, 11) is 1.89. The van der Waals surface area contributed by atoms with Crippen LogP contribution in [0.3, 0.4) is 0 Å². The van der Waals surface area contributed by atoms with E-state index in [1.54, 1.807) is 0 Å². The predicted octanol–water partition coefficient (Wildman–Crippen LogP) is 3.02. The Labute approximate surface area is 114 Å². The molecule has 0 fully saturated rings. The van der Waals surface area contributed by atoms with Gasteiger partial charge in [0.2, 0.25) is 0 Å². The number of hydrogen-bond donors (Lipinski definition) is 2. The lowest BCUT2D eigenvalue weighted by atomic mass is 10.2. The van der Waals surface area contributed by atoms with Gasteiger partial charge < -0.3 is 10.6 Å². The van der Waals surface area contributed by atoms with E-state index in [1.807, 2.05) is 24.9 Å². The van der Waals surface area contributed by atoms with Crippen molar-refractivity contribution in [2.45, 2.75) is 39.2 Å². The number of aromatic nitrogens is 2. The number of anilines is 2. The Balaban J connectivity index is 2.82. The molecule has 18 heavy (non-hydrogen) atoms. The zero-order valence-electron chi connectivity index (χ0n) is 11.8. The molecule has 1 rings (SSSR count). The molecule has 0 spiro atoms. The Bertz CT molecular complexity index is 357. The molecule has 4 nitrogen and oxygen atoms in total. The maximum absolute atomic E-state index is 4.57. The van der Waals surface area contributed by atoms with Crippen LogP contribution in [-0.2, 0) is 6.42 Å². The summed E-state index contributed by atoms with van der Waals surface area (Å²) in [4.78, 5) is 9.02. The van der Waals surface area contributed by atoms with Crippen molar-refractivity contribution in [3.63, 3.8) is 0 Å². The highest BCUT2D eigenvalue weighted by Crippen LogP contribution is 2.15. The molecule has 102 valence electrons. The summed E-state index contributed by atoms with van der Waals surface area (Å²) in [6, 6.07) is 2.44. The van der Waals surface area contributed by atoms with Crippen molar-refractivity contribution in [1.29, 1.82) is 0 Å². The number of hydrogen-bond acceptors (Lipinski definition) is 5. The number of thioether (sulfide) groups is 1. The average molecular weight is 268 g/mol. The third kappa shape index (κ3) is 4.72. The summed E-state index contributed by atoms with van der Waals surface area (Å²) in [5.41, 5.74) is 0. The van der Waals surface area contributed by atoms with Crippen LogP contribution in [0.2, 0.25) is 0 Å². The quantitative estimate of drug-likeness (QED) is 0.759. The normalized spacial score (nSPS) is 12.2. The van der Waals surface area contributed by atoms with Crippen molar-refractivity contribution in [2.75, 3.05) is 29.7 Å². The number of aryl methyl sites for hydroxylation is 1. The fraction of sp³-hybridized carbons (Fsp3) is 0.692. The van der Waals surface area contributed by atoms with Crippen LogP contribution in [0.5, 0.6) is 0 Å². The van der Waals surface area contributed by atoms with Crippen molar-refractivity contribution in [2.24, 2.45) is 0 Å². The van der Waals surface area contributed by atoms with Crippen LogP contribution in [0, 0.1) is 0 Å². The van der Waals surface area contributed by atoms with Crippen LogP contribution >= 0.6 is 11.8 Å². The van der Waals surface area contributed by atoms with E-state index in [0.717, 1.165) is 42.5 Å². The standard InChI is InChI=1S/C13H24N4S/c1-5-7-11-16-12(14-3)8-13(17-11)15-10(6-2)9-18-4/h8,10H,5-7,9H2,1-4H3,(H2,14,15,16,17). The number of nitrogens with zero attached hydrogens (tertiary/aromatic N) is 2. The molecule has 0 radical (unpaired) electrons. The Hall–Kier alpha value is -0.970. The Morgan fingerprint density at radius 3 is 2.56 bits per heavy atom. The molecule has 5 heteroatoms. The number of nitrogens with one attached hydrogen (secondary N) is 2. The van der Waals surface area contributed by atoms with Gasteiger partial charge in [0, 0.05) is 31.3 Å². The zero-order valence-corrected chi connectivity index (χ0v) is 12.6. The first-order valence-electron chi connectivity index (χ1n) is 6.54. The fourth-order valence-electron chi connectivity index (χ4n) is 1.71. The second kappa shape index (κ2) is 8.19. The first kappa shape index (κ1) is 15.1. The van der Waals surface area contributed by atoms with Crippen LogP contribution in [0.4, 0.5) is 11.6 Å². The number of rotatable bonds is 8. The molecule has 0 saturated heterocycles. The average Bonchev–Trinajstić information content (AvgIpc) is 2.38. The van der Waals surface area contributed by atoms with Gasteiger partial charge in [-0.1, -0.05) is 13.8 Å². The molecule has 0 aromatic carbocycles. The van der Waals surface area contributed by atoms with Crippen LogP contribution in [0.25, 0.3) is 0 Å². The van der Waals surface area contributed by atoms with E-state index in [2.05, 4.69) is 40.7 Å². The van der Waals surface area contributed by atoms with Crippen LogP contribution in [-0.4, -0.2) is 35.1 Å². The smallest absolute Gasteiger partial charge is 0.133 e. The lowest BCUT2D eigenvalue weighted by Crippen LogP contribution is -2.22. The maximum Gasteiger partial charge on any atom is 0.133 e. The molecule has 0 aliphatic rings. The van der Waals surface area contributed by atoms with E-state index >= 15 is 0 Å².